The van der Waals surface area contributed by atoms with E-state index in [9.17, 15) is 0 Å². The van der Waals surface area contributed by atoms with Gasteiger partial charge in [0.1, 0.15) is 0 Å². The van der Waals surface area contributed by atoms with Gasteiger partial charge in [-0.3, -0.25) is 0 Å². The molecule has 4 atom stereocenters. The van der Waals surface area contributed by atoms with Crippen LogP contribution >= 0.6 is 0 Å². The first-order valence-electron chi connectivity index (χ1n) is 9.25. The van der Waals surface area contributed by atoms with E-state index >= 15 is 0 Å². The van der Waals surface area contributed by atoms with Gasteiger partial charge in [-0.15, -0.1) is 0 Å². The molecule has 3 aliphatic carbocycles. The van der Waals surface area contributed by atoms with Crippen molar-refractivity contribution in [2.24, 2.45) is 28.6 Å². The van der Waals surface area contributed by atoms with Gasteiger partial charge in [0, 0.05) is 0 Å². The van der Waals surface area contributed by atoms with Crippen molar-refractivity contribution < 1.29 is 0 Å². The molecule has 0 N–H and O–H groups in total. The topological polar surface area (TPSA) is 0 Å². The Bertz CT molecular complexity index is 449. The zero-order valence-electron chi connectivity index (χ0n) is 14.7. The molecule has 0 bridgehead atoms. The first-order valence-corrected chi connectivity index (χ1v) is 9.25. The van der Waals surface area contributed by atoms with Crippen molar-refractivity contribution in [3.63, 3.8) is 0 Å². The van der Waals surface area contributed by atoms with Gasteiger partial charge in [0.2, 0.25) is 0 Å². The predicted octanol–water partition coefficient (Wildman–Crippen LogP) is 6.53. The Morgan fingerprint density at radius 1 is 1.10 bits per heavy atom. The first-order chi connectivity index (χ1) is 9.88. The Balaban J connectivity index is 1.82. The molecule has 0 heteroatoms. The molecule has 0 aromatic carbocycles. The van der Waals surface area contributed by atoms with Crippen molar-refractivity contribution in [1.29, 1.82) is 0 Å². The second kappa shape index (κ2) is 5.28. The van der Waals surface area contributed by atoms with E-state index in [4.69, 9.17) is 0 Å². The average molecular weight is 287 g/mol. The van der Waals surface area contributed by atoms with Crippen LogP contribution < -0.4 is 0 Å². The van der Waals surface area contributed by atoms with Crippen LogP contribution in [0.3, 0.4) is 0 Å². The zero-order chi connectivity index (χ0) is 15.3. The molecule has 3 rings (SSSR count). The summed E-state index contributed by atoms with van der Waals surface area (Å²) in [5.74, 6) is 2.69. The van der Waals surface area contributed by atoms with Gasteiger partial charge in [-0.1, -0.05) is 58.3 Å². The summed E-state index contributed by atoms with van der Waals surface area (Å²) < 4.78 is 0. The second-order valence-electron chi connectivity index (χ2n) is 8.88. The normalized spacial score (nSPS) is 42.3. The van der Waals surface area contributed by atoms with Crippen molar-refractivity contribution in [2.45, 2.75) is 79.1 Å². The SMILES string of the molecule is C=C(C)C1=CCC2C(C)C(C3(C)CCCCC3)CCC12C. The third-order valence-electron chi connectivity index (χ3n) is 7.60. The highest BCUT2D eigenvalue weighted by Crippen LogP contribution is 2.62. The molecule has 3 aliphatic rings. The van der Waals surface area contributed by atoms with Gasteiger partial charge in [0.15, 0.2) is 0 Å². The van der Waals surface area contributed by atoms with Crippen LogP contribution in [0.1, 0.15) is 79.1 Å². The zero-order valence-corrected chi connectivity index (χ0v) is 14.7. The maximum absolute atomic E-state index is 4.25. The van der Waals surface area contributed by atoms with E-state index in [1.807, 2.05) is 0 Å². The molecule has 0 amide bonds. The number of hydrogen-bond acceptors (Lipinski definition) is 0. The summed E-state index contributed by atoms with van der Waals surface area (Å²) in [5.41, 5.74) is 3.96. The van der Waals surface area contributed by atoms with E-state index in [1.54, 1.807) is 5.57 Å². The molecule has 2 fully saturated rings. The van der Waals surface area contributed by atoms with E-state index in [1.165, 1.54) is 56.9 Å². The van der Waals surface area contributed by atoms with Crippen molar-refractivity contribution >= 4 is 0 Å². The molecular weight excluding hydrogens is 252 g/mol. The molecule has 0 aromatic rings. The van der Waals surface area contributed by atoms with Crippen LogP contribution in [-0.2, 0) is 0 Å². The Hall–Kier alpha value is -0.520. The summed E-state index contributed by atoms with van der Waals surface area (Å²) in [7, 11) is 0. The summed E-state index contributed by atoms with van der Waals surface area (Å²) in [4.78, 5) is 0. The summed E-state index contributed by atoms with van der Waals surface area (Å²) in [6.07, 6.45) is 14.0. The Labute approximate surface area is 132 Å². The van der Waals surface area contributed by atoms with Gasteiger partial charge in [0.05, 0.1) is 0 Å². The predicted molar refractivity (Wildman–Crippen MR) is 92.2 cm³/mol. The Morgan fingerprint density at radius 2 is 1.76 bits per heavy atom. The molecule has 118 valence electrons. The monoisotopic (exact) mass is 286 g/mol. The minimum Gasteiger partial charge on any atom is -0.0958 e. The molecule has 2 saturated carbocycles. The fraction of sp³-hybridized carbons (Fsp3) is 0.810. The van der Waals surface area contributed by atoms with Crippen LogP contribution in [0.15, 0.2) is 23.8 Å². The summed E-state index contributed by atoms with van der Waals surface area (Å²) in [6, 6.07) is 0. The average Bonchev–Trinajstić information content (AvgIpc) is 2.78. The Kier molecular flexibility index (Phi) is 3.87. The molecule has 0 spiro atoms. The molecule has 4 unspecified atom stereocenters. The van der Waals surface area contributed by atoms with E-state index in [-0.39, 0.29) is 0 Å². The van der Waals surface area contributed by atoms with Gasteiger partial charge in [-0.05, 0) is 73.2 Å². The van der Waals surface area contributed by atoms with Gasteiger partial charge < -0.3 is 0 Å². The number of rotatable bonds is 2. The highest BCUT2D eigenvalue weighted by atomic mass is 14.6. The van der Waals surface area contributed by atoms with Crippen LogP contribution in [-0.4, -0.2) is 0 Å². The van der Waals surface area contributed by atoms with E-state index in [2.05, 4.69) is 40.3 Å². The standard InChI is InChI=1S/C21H34/c1-15(2)17-9-10-19-16(3)18(11-14-21(17,19)5)20(4)12-7-6-8-13-20/h9,16,18-19H,1,6-8,10-14H2,2-5H3. The third-order valence-corrected chi connectivity index (χ3v) is 7.60. The van der Waals surface area contributed by atoms with Crippen molar-refractivity contribution in [3.8, 4) is 0 Å². The number of hydrogen-bond donors (Lipinski definition) is 0. The molecule has 0 nitrogen and oxygen atoms in total. The van der Waals surface area contributed by atoms with Gasteiger partial charge in [-0.25, -0.2) is 0 Å². The maximum atomic E-state index is 4.25. The summed E-state index contributed by atoms with van der Waals surface area (Å²) in [6.45, 7) is 14.2. The highest BCUT2D eigenvalue weighted by molar-refractivity contribution is 5.38. The Morgan fingerprint density at radius 3 is 2.38 bits per heavy atom. The smallest absolute Gasteiger partial charge is 0.00421 e. The van der Waals surface area contributed by atoms with Crippen LogP contribution in [0.4, 0.5) is 0 Å². The van der Waals surface area contributed by atoms with E-state index in [0.717, 1.165) is 17.8 Å². The fourth-order valence-electron chi connectivity index (χ4n) is 6.43. The molecule has 0 aromatic heterocycles. The molecule has 0 radical (unpaired) electrons. The lowest BCUT2D eigenvalue weighted by atomic mass is 9.51. The fourth-order valence-corrected chi connectivity index (χ4v) is 6.43. The number of allylic oxidation sites excluding steroid dienone is 3. The van der Waals surface area contributed by atoms with Crippen molar-refractivity contribution in [2.75, 3.05) is 0 Å². The lowest BCUT2D eigenvalue weighted by Crippen LogP contribution is -2.45. The van der Waals surface area contributed by atoms with E-state index < -0.39 is 0 Å². The minimum absolute atomic E-state index is 0.423. The van der Waals surface area contributed by atoms with Crippen LogP contribution in [0, 0.1) is 28.6 Å². The molecule has 0 aliphatic heterocycles. The largest absolute Gasteiger partial charge is 0.0958 e. The minimum atomic E-state index is 0.423. The summed E-state index contributed by atoms with van der Waals surface area (Å²) in [5, 5.41) is 0. The first kappa shape index (κ1) is 15.4. The van der Waals surface area contributed by atoms with Crippen molar-refractivity contribution in [1.82, 2.24) is 0 Å². The van der Waals surface area contributed by atoms with Gasteiger partial charge in [-0.2, -0.15) is 0 Å². The molecular formula is C21H34. The lowest BCUT2D eigenvalue weighted by molar-refractivity contribution is -0.0218. The lowest BCUT2D eigenvalue weighted by Gasteiger charge is -2.53. The highest BCUT2D eigenvalue weighted by Gasteiger charge is 2.52. The van der Waals surface area contributed by atoms with Crippen molar-refractivity contribution in [3.05, 3.63) is 23.8 Å². The van der Waals surface area contributed by atoms with Gasteiger partial charge >= 0.3 is 0 Å². The third kappa shape index (κ3) is 2.34. The quantitative estimate of drug-likeness (QED) is 0.541. The number of fused-ring (bicyclic) bond motifs is 1. The molecule has 0 heterocycles. The van der Waals surface area contributed by atoms with Crippen LogP contribution in [0.2, 0.25) is 0 Å². The van der Waals surface area contributed by atoms with Crippen LogP contribution in [0.25, 0.3) is 0 Å². The van der Waals surface area contributed by atoms with Gasteiger partial charge in [0.25, 0.3) is 0 Å². The molecule has 0 saturated heterocycles. The van der Waals surface area contributed by atoms with Crippen LogP contribution in [0.5, 0.6) is 0 Å². The van der Waals surface area contributed by atoms with E-state index in [0.29, 0.717) is 10.8 Å². The maximum Gasteiger partial charge on any atom is -0.00421 e. The summed E-state index contributed by atoms with van der Waals surface area (Å²) >= 11 is 0. The second-order valence-corrected chi connectivity index (χ2v) is 8.88. The molecule has 21 heavy (non-hydrogen) atoms.